The SMILES string of the molecule is CCc1nn(CC)c2c1CCC21CCN(C[C@H]2C[C@H](N(C)[C@@H](C(=O)O)C(C)(C)C)C[C@@H]2c2cccc(F)c2)CC1. The summed E-state index contributed by atoms with van der Waals surface area (Å²) < 4.78 is 16.6. The first-order chi connectivity index (χ1) is 19.0. The monoisotopic (exact) mass is 552 g/mol. The van der Waals surface area contributed by atoms with Gasteiger partial charge in [0.1, 0.15) is 11.9 Å². The second-order valence-electron chi connectivity index (χ2n) is 13.8. The van der Waals surface area contributed by atoms with Crippen molar-refractivity contribution in [2.24, 2.45) is 11.3 Å². The Morgan fingerprint density at radius 1 is 1.20 bits per heavy atom. The molecule has 1 aromatic carbocycles. The van der Waals surface area contributed by atoms with Crippen LogP contribution in [0.5, 0.6) is 0 Å². The third kappa shape index (κ3) is 5.36. The van der Waals surface area contributed by atoms with Gasteiger partial charge in [-0.25, -0.2) is 4.39 Å². The molecule has 0 unspecified atom stereocenters. The number of carboxylic acid groups (broad SMARTS) is 1. The van der Waals surface area contributed by atoms with E-state index >= 15 is 0 Å². The van der Waals surface area contributed by atoms with Crippen LogP contribution in [0.1, 0.15) is 95.2 Å². The number of likely N-dealkylation sites (tertiary alicyclic amines) is 1. The number of halogens is 1. The number of piperidine rings is 1. The van der Waals surface area contributed by atoms with Crippen LogP contribution in [0.15, 0.2) is 24.3 Å². The number of aliphatic carboxylic acids is 1. The van der Waals surface area contributed by atoms with Crippen LogP contribution in [-0.4, -0.2) is 69.4 Å². The molecule has 40 heavy (non-hydrogen) atoms. The molecule has 2 aromatic rings. The van der Waals surface area contributed by atoms with Crippen molar-refractivity contribution >= 4 is 5.97 Å². The molecule has 0 bridgehead atoms. The summed E-state index contributed by atoms with van der Waals surface area (Å²) in [5.41, 5.74) is 5.27. The van der Waals surface area contributed by atoms with Gasteiger partial charge in [-0.05, 0) is 113 Å². The number of aromatic nitrogens is 2. The molecule has 0 amide bonds. The largest absolute Gasteiger partial charge is 0.480 e. The summed E-state index contributed by atoms with van der Waals surface area (Å²) in [6, 6.07) is 6.68. The lowest BCUT2D eigenvalue weighted by Gasteiger charge is -2.41. The van der Waals surface area contributed by atoms with Crippen LogP contribution in [0.4, 0.5) is 4.39 Å². The molecule has 220 valence electrons. The molecule has 6 nitrogen and oxygen atoms in total. The summed E-state index contributed by atoms with van der Waals surface area (Å²) in [6.45, 7) is 14.5. The molecule has 0 radical (unpaired) electrons. The number of benzene rings is 1. The fourth-order valence-corrected chi connectivity index (χ4v) is 8.52. The number of hydrogen-bond acceptors (Lipinski definition) is 4. The number of likely N-dealkylation sites (N-methyl/N-ethyl adjacent to an activating group) is 1. The molecular formula is C33H49FN4O2. The number of aryl methyl sites for hydroxylation is 2. The van der Waals surface area contributed by atoms with Gasteiger partial charge in [-0.15, -0.1) is 0 Å². The number of carboxylic acids is 1. The molecule has 1 spiro atoms. The maximum atomic E-state index is 14.3. The highest BCUT2D eigenvalue weighted by Gasteiger charge is 2.47. The first-order valence-corrected chi connectivity index (χ1v) is 15.5. The standard InChI is InChI=1S/C33H49FN4O2/c1-7-28-26-12-13-33(29(26)38(8-2)35-28)14-16-37(17-15-33)21-23-19-25(36(6)30(31(39)40)32(3,4)5)20-27(23)22-10-9-11-24(34)18-22/h9-11,18,23,25,27,30H,7-8,12-17,19-21H2,1-6H3,(H,39,40)/t23-,25+,27-,30+/m1/s1. The first-order valence-electron chi connectivity index (χ1n) is 15.5. The number of fused-ring (bicyclic) bond motifs is 2. The topological polar surface area (TPSA) is 61.6 Å². The van der Waals surface area contributed by atoms with Crippen molar-refractivity contribution < 1.29 is 14.3 Å². The average Bonchev–Trinajstić information content (AvgIpc) is 3.58. The molecule has 1 aromatic heterocycles. The van der Waals surface area contributed by atoms with E-state index in [0.29, 0.717) is 5.92 Å². The minimum atomic E-state index is -0.768. The third-order valence-electron chi connectivity index (χ3n) is 10.4. The highest BCUT2D eigenvalue weighted by molar-refractivity contribution is 5.74. The zero-order valence-electron chi connectivity index (χ0n) is 25.4. The zero-order chi connectivity index (χ0) is 28.8. The number of hydrogen-bond donors (Lipinski definition) is 1. The average molecular weight is 553 g/mol. The second-order valence-corrected chi connectivity index (χ2v) is 13.8. The molecule has 7 heteroatoms. The molecule has 2 fully saturated rings. The van der Waals surface area contributed by atoms with E-state index < -0.39 is 12.0 Å². The number of rotatable bonds is 8. The van der Waals surface area contributed by atoms with Gasteiger partial charge in [0.2, 0.25) is 0 Å². The molecule has 3 aliphatic rings. The van der Waals surface area contributed by atoms with Crippen molar-refractivity contribution in [2.45, 2.75) is 110 Å². The molecule has 1 aliphatic heterocycles. The summed E-state index contributed by atoms with van der Waals surface area (Å²) in [5, 5.41) is 15.1. The van der Waals surface area contributed by atoms with Gasteiger partial charge in [-0.1, -0.05) is 39.8 Å². The van der Waals surface area contributed by atoms with Crippen molar-refractivity contribution in [3.63, 3.8) is 0 Å². The van der Waals surface area contributed by atoms with Gasteiger partial charge in [-0.3, -0.25) is 14.4 Å². The van der Waals surface area contributed by atoms with Crippen molar-refractivity contribution in [2.75, 3.05) is 26.7 Å². The maximum Gasteiger partial charge on any atom is 0.321 e. The van der Waals surface area contributed by atoms with Crippen LogP contribution in [0.3, 0.4) is 0 Å². The van der Waals surface area contributed by atoms with E-state index in [-0.39, 0.29) is 28.6 Å². The van der Waals surface area contributed by atoms with Crippen molar-refractivity contribution in [3.8, 4) is 0 Å². The van der Waals surface area contributed by atoms with Crippen LogP contribution >= 0.6 is 0 Å². The molecule has 1 N–H and O–H groups in total. The number of nitrogens with zero attached hydrogens (tertiary/aromatic N) is 4. The number of carbonyl (C=O) groups is 1. The minimum absolute atomic E-state index is 0.151. The van der Waals surface area contributed by atoms with E-state index in [1.165, 1.54) is 42.3 Å². The molecule has 4 atom stereocenters. The Labute approximate surface area is 239 Å². The van der Waals surface area contributed by atoms with E-state index in [0.717, 1.165) is 57.4 Å². The molecule has 1 saturated carbocycles. The Morgan fingerprint density at radius 2 is 1.93 bits per heavy atom. The van der Waals surface area contributed by atoms with E-state index in [1.54, 1.807) is 6.07 Å². The second kappa shape index (κ2) is 11.2. The molecule has 2 heterocycles. The maximum absolute atomic E-state index is 14.3. The predicted molar refractivity (Wildman–Crippen MR) is 157 cm³/mol. The molecular weight excluding hydrogens is 503 g/mol. The van der Waals surface area contributed by atoms with Gasteiger partial charge in [0.25, 0.3) is 0 Å². The van der Waals surface area contributed by atoms with Crippen molar-refractivity contribution in [1.82, 2.24) is 19.6 Å². The molecule has 1 saturated heterocycles. The fraction of sp³-hybridized carbons (Fsp3) is 0.697. The highest BCUT2D eigenvalue weighted by atomic mass is 19.1. The van der Waals surface area contributed by atoms with Gasteiger partial charge in [0, 0.05) is 30.2 Å². The lowest BCUT2D eigenvalue weighted by Crippen LogP contribution is -2.51. The minimum Gasteiger partial charge on any atom is -0.480 e. The first kappa shape index (κ1) is 29.2. The smallest absolute Gasteiger partial charge is 0.321 e. The van der Waals surface area contributed by atoms with Crippen molar-refractivity contribution in [1.29, 1.82) is 0 Å². The van der Waals surface area contributed by atoms with Crippen molar-refractivity contribution in [3.05, 3.63) is 52.6 Å². The van der Waals surface area contributed by atoms with Crippen LogP contribution in [0, 0.1) is 17.2 Å². The normalized spacial score (nSPS) is 25.6. The van der Waals surface area contributed by atoms with E-state index in [2.05, 4.69) is 34.4 Å². The fourth-order valence-electron chi connectivity index (χ4n) is 8.52. The predicted octanol–water partition coefficient (Wildman–Crippen LogP) is 5.88. The van der Waals surface area contributed by atoms with Gasteiger partial charge in [0.05, 0.1) is 5.69 Å². The van der Waals surface area contributed by atoms with E-state index in [4.69, 9.17) is 5.10 Å². The summed E-state index contributed by atoms with van der Waals surface area (Å²) in [5.74, 6) is -0.373. The van der Waals surface area contributed by atoms with E-state index in [9.17, 15) is 14.3 Å². The van der Waals surface area contributed by atoms with Gasteiger partial charge >= 0.3 is 5.97 Å². The van der Waals surface area contributed by atoms with Crippen LogP contribution < -0.4 is 0 Å². The van der Waals surface area contributed by atoms with Gasteiger partial charge < -0.3 is 10.0 Å². The molecule has 2 aliphatic carbocycles. The van der Waals surface area contributed by atoms with E-state index in [1.807, 2.05) is 33.9 Å². The lowest BCUT2D eigenvalue weighted by molar-refractivity contribution is -0.148. The van der Waals surface area contributed by atoms with Crippen LogP contribution in [0.25, 0.3) is 0 Å². The Bertz CT molecular complexity index is 1210. The summed E-state index contributed by atoms with van der Waals surface area (Å²) >= 11 is 0. The van der Waals surface area contributed by atoms with Gasteiger partial charge in [0.15, 0.2) is 0 Å². The van der Waals surface area contributed by atoms with Gasteiger partial charge in [-0.2, -0.15) is 5.10 Å². The lowest BCUT2D eigenvalue weighted by atomic mass is 9.75. The summed E-state index contributed by atoms with van der Waals surface area (Å²) in [7, 11) is 1.98. The highest BCUT2D eigenvalue weighted by Crippen LogP contribution is 2.49. The molecule has 5 rings (SSSR count). The summed E-state index contributed by atoms with van der Waals surface area (Å²) in [4.78, 5) is 17.0. The quantitative estimate of drug-likeness (QED) is 0.443. The Hall–Kier alpha value is -2.25. The third-order valence-corrected chi connectivity index (χ3v) is 10.4. The van der Waals surface area contributed by atoms with Crippen LogP contribution in [-0.2, 0) is 29.6 Å². The Kier molecular flexibility index (Phi) is 8.19. The zero-order valence-corrected chi connectivity index (χ0v) is 25.4. The Balaban J connectivity index is 1.33. The summed E-state index contributed by atoms with van der Waals surface area (Å²) in [6.07, 6.45) is 7.55. The Morgan fingerprint density at radius 3 is 2.52 bits per heavy atom. The van der Waals surface area contributed by atoms with Crippen LogP contribution in [0.2, 0.25) is 0 Å².